The number of methoxy groups -OCH3 is 1. The lowest BCUT2D eigenvalue weighted by Gasteiger charge is -2.13. The minimum Gasteiger partial charge on any atom is -0.495 e. The summed E-state index contributed by atoms with van der Waals surface area (Å²) in [4.78, 5) is 12.4. The van der Waals surface area contributed by atoms with Gasteiger partial charge in [-0.1, -0.05) is 41.4 Å². The number of carbonyl (C=O) groups excluding carboxylic acids is 1. The van der Waals surface area contributed by atoms with E-state index in [9.17, 15) is 13.2 Å². The van der Waals surface area contributed by atoms with Crippen LogP contribution in [0.1, 0.15) is 15.9 Å². The molecule has 0 fully saturated rings. The van der Waals surface area contributed by atoms with Crippen molar-refractivity contribution in [3.8, 4) is 5.75 Å². The second-order valence-electron chi connectivity index (χ2n) is 6.37. The maximum Gasteiger partial charge on any atom is 0.263 e. The van der Waals surface area contributed by atoms with Crippen molar-refractivity contribution < 1.29 is 17.9 Å². The number of para-hydroxylation sites is 1. The zero-order valence-corrected chi connectivity index (χ0v) is 18.4. The number of nitrogens with one attached hydrogen (secondary N) is 2. The molecule has 0 spiro atoms. The van der Waals surface area contributed by atoms with Crippen molar-refractivity contribution in [3.63, 3.8) is 0 Å². The molecule has 9 heteroatoms. The lowest BCUT2D eigenvalue weighted by Crippen LogP contribution is -2.17. The number of amides is 1. The Kier molecular flexibility index (Phi) is 6.55. The number of carbonyl (C=O) groups is 1. The number of hydrogen-bond donors (Lipinski definition) is 2. The summed E-state index contributed by atoms with van der Waals surface area (Å²) in [7, 11) is -2.52. The van der Waals surface area contributed by atoms with E-state index in [2.05, 4.69) is 10.0 Å². The molecule has 3 aromatic carbocycles. The highest BCUT2D eigenvalue weighted by Gasteiger charge is 2.21. The van der Waals surface area contributed by atoms with Crippen molar-refractivity contribution in [1.29, 1.82) is 0 Å². The van der Waals surface area contributed by atoms with Gasteiger partial charge in [0, 0.05) is 11.3 Å². The van der Waals surface area contributed by atoms with E-state index >= 15 is 0 Å². The van der Waals surface area contributed by atoms with Gasteiger partial charge in [-0.05, 0) is 55.0 Å². The molecule has 0 aliphatic rings. The molecular formula is C21H18Cl2N2O4S. The van der Waals surface area contributed by atoms with Crippen LogP contribution in [0.2, 0.25) is 10.0 Å². The van der Waals surface area contributed by atoms with Crippen LogP contribution in [0.15, 0.2) is 65.6 Å². The van der Waals surface area contributed by atoms with Gasteiger partial charge in [-0.15, -0.1) is 0 Å². The van der Waals surface area contributed by atoms with Gasteiger partial charge in [0.1, 0.15) is 10.6 Å². The van der Waals surface area contributed by atoms with Crippen LogP contribution < -0.4 is 14.8 Å². The molecule has 0 saturated heterocycles. The van der Waals surface area contributed by atoms with Crippen LogP contribution in [0.4, 0.5) is 11.4 Å². The van der Waals surface area contributed by atoms with Gasteiger partial charge in [-0.25, -0.2) is 8.42 Å². The number of halogens is 2. The van der Waals surface area contributed by atoms with E-state index in [1.165, 1.54) is 31.4 Å². The molecule has 0 bridgehead atoms. The standard InChI is InChI=1S/C21H18Cl2N2O4S/c1-13-5-3-4-6-18(13)25-30(27,28)20-11-14(7-9-16(20)22)21(26)24-15-8-10-19(29-2)17(23)12-15/h3-12,25H,1-2H3,(H,24,26). The Morgan fingerprint density at radius 1 is 0.967 bits per heavy atom. The summed E-state index contributed by atoms with van der Waals surface area (Å²) in [6, 6.07) is 15.7. The number of ether oxygens (including phenoxy) is 1. The molecule has 0 radical (unpaired) electrons. The SMILES string of the molecule is COc1ccc(NC(=O)c2ccc(Cl)c(S(=O)(=O)Nc3ccccc3C)c2)cc1Cl. The Morgan fingerprint density at radius 3 is 2.37 bits per heavy atom. The first-order chi connectivity index (χ1) is 14.2. The molecule has 0 aromatic heterocycles. The number of benzene rings is 3. The summed E-state index contributed by atoms with van der Waals surface area (Å²) in [5.74, 6) is -0.0444. The van der Waals surface area contributed by atoms with Crippen molar-refractivity contribution in [1.82, 2.24) is 0 Å². The van der Waals surface area contributed by atoms with Gasteiger partial charge in [0.25, 0.3) is 15.9 Å². The van der Waals surface area contributed by atoms with Crippen LogP contribution in [0.5, 0.6) is 5.75 Å². The van der Waals surface area contributed by atoms with Gasteiger partial charge in [-0.3, -0.25) is 9.52 Å². The summed E-state index contributed by atoms with van der Waals surface area (Å²) in [6.07, 6.45) is 0. The predicted molar refractivity (Wildman–Crippen MR) is 119 cm³/mol. The van der Waals surface area contributed by atoms with Crippen LogP contribution in [0, 0.1) is 6.92 Å². The molecule has 0 aliphatic heterocycles. The van der Waals surface area contributed by atoms with Crippen LogP contribution in [-0.2, 0) is 10.0 Å². The monoisotopic (exact) mass is 464 g/mol. The first kappa shape index (κ1) is 22.0. The Hall–Kier alpha value is -2.74. The first-order valence-corrected chi connectivity index (χ1v) is 11.0. The second-order valence-corrected chi connectivity index (χ2v) is 8.83. The number of sulfonamides is 1. The molecule has 0 saturated carbocycles. The summed E-state index contributed by atoms with van der Waals surface area (Å²) >= 11 is 12.2. The molecule has 1 amide bonds. The third-order valence-electron chi connectivity index (χ3n) is 4.28. The fraction of sp³-hybridized carbons (Fsp3) is 0.0952. The van der Waals surface area contributed by atoms with Crippen LogP contribution in [0.25, 0.3) is 0 Å². The molecular weight excluding hydrogens is 447 g/mol. The van der Waals surface area contributed by atoms with Gasteiger partial charge in [-0.2, -0.15) is 0 Å². The fourth-order valence-electron chi connectivity index (χ4n) is 2.69. The average Bonchev–Trinajstić information content (AvgIpc) is 2.70. The minimum atomic E-state index is -4.01. The normalized spacial score (nSPS) is 11.1. The number of anilines is 2. The van der Waals surface area contributed by atoms with Gasteiger partial charge in [0.15, 0.2) is 0 Å². The number of hydrogen-bond acceptors (Lipinski definition) is 4. The van der Waals surface area contributed by atoms with Crippen LogP contribution in [0.3, 0.4) is 0 Å². The van der Waals surface area contributed by atoms with E-state index in [0.717, 1.165) is 5.56 Å². The maximum atomic E-state index is 12.9. The summed E-state index contributed by atoms with van der Waals surface area (Å²) in [6.45, 7) is 1.78. The molecule has 3 rings (SSSR count). The quantitative estimate of drug-likeness (QED) is 0.513. The van der Waals surface area contributed by atoms with Crippen LogP contribution >= 0.6 is 23.2 Å². The van der Waals surface area contributed by atoms with Crippen molar-refractivity contribution in [2.24, 2.45) is 0 Å². The molecule has 3 aromatic rings. The van der Waals surface area contributed by atoms with E-state index < -0.39 is 15.9 Å². The lowest BCUT2D eigenvalue weighted by molar-refractivity contribution is 0.102. The highest BCUT2D eigenvalue weighted by atomic mass is 35.5. The summed E-state index contributed by atoms with van der Waals surface area (Å²) in [5, 5.41) is 3.00. The average molecular weight is 465 g/mol. The molecule has 6 nitrogen and oxygen atoms in total. The van der Waals surface area contributed by atoms with E-state index in [1.807, 2.05) is 0 Å². The second kappa shape index (κ2) is 8.95. The number of rotatable bonds is 6. The first-order valence-electron chi connectivity index (χ1n) is 8.74. The van der Waals surface area contributed by atoms with Gasteiger partial charge >= 0.3 is 0 Å². The molecule has 2 N–H and O–H groups in total. The highest BCUT2D eigenvalue weighted by molar-refractivity contribution is 7.92. The molecule has 30 heavy (non-hydrogen) atoms. The lowest BCUT2D eigenvalue weighted by atomic mass is 10.2. The third kappa shape index (κ3) is 4.87. The maximum absolute atomic E-state index is 12.9. The van der Waals surface area contributed by atoms with Gasteiger partial charge in [0.05, 0.1) is 22.8 Å². The fourth-order valence-corrected chi connectivity index (χ4v) is 4.60. The Labute approximate surface area is 184 Å². The topological polar surface area (TPSA) is 84.5 Å². The van der Waals surface area contributed by atoms with Gasteiger partial charge < -0.3 is 10.1 Å². The molecule has 0 heterocycles. The van der Waals surface area contributed by atoms with Crippen molar-refractivity contribution in [2.45, 2.75) is 11.8 Å². The molecule has 156 valence electrons. The Balaban J connectivity index is 1.88. The Morgan fingerprint density at radius 2 is 1.70 bits per heavy atom. The van der Waals surface area contributed by atoms with E-state index in [0.29, 0.717) is 22.1 Å². The smallest absolute Gasteiger partial charge is 0.263 e. The van der Waals surface area contributed by atoms with Crippen molar-refractivity contribution in [2.75, 3.05) is 17.1 Å². The summed E-state index contributed by atoms with van der Waals surface area (Å²) < 4.78 is 33.3. The van der Waals surface area contributed by atoms with Crippen molar-refractivity contribution >= 4 is 50.5 Å². The minimum absolute atomic E-state index is 0.000117. The zero-order chi connectivity index (χ0) is 21.9. The summed E-state index contributed by atoms with van der Waals surface area (Å²) in [5.41, 5.74) is 1.73. The van der Waals surface area contributed by atoms with E-state index in [1.54, 1.807) is 43.3 Å². The highest BCUT2D eigenvalue weighted by Crippen LogP contribution is 2.29. The third-order valence-corrected chi connectivity index (χ3v) is 6.42. The molecule has 0 aliphatic carbocycles. The van der Waals surface area contributed by atoms with E-state index in [-0.39, 0.29) is 15.5 Å². The number of aryl methyl sites for hydroxylation is 1. The molecule has 0 unspecified atom stereocenters. The zero-order valence-electron chi connectivity index (χ0n) is 16.1. The van der Waals surface area contributed by atoms with Crippen LogP contribution in [-0.4, -0.2) is 21.4 Å². The van der Waals surface area contributed by atoms with E-state index in [4.69, 9.17) is 27.9 Å². The largest absolute Gasteiger partial charge is 0.495 e. The van der Waals surface area contributed by atoms with Crippen molar-refractivity contribution in [3.05, 3.63) is 81.8 Å². The predicted octanol–water partition coefficient (Wildman–Crippen LogP) is 5.36. The Bertz CT molecular complexity index is 1210. The molecule has 0 atom stereocenters. The van der Waals surface area contributed by atoms with Gasteiger partial charge in [0.2, 0.25) is 0 Å².